The maximum atomic E-state index is 6.07. The average Bonchev–Trinajstić information content (AvgIpc) is 2.92. The molecule has 2 aromatic rings. The van der Waals surface area contributed by atoms with Crippen LogP contribution in [0, 0.1) is 6.92 Å². The molecule has 2 N–H and O–H groups in total. The summed E-state index contributed by atoms with van der Waals surface area (Å²) in [5, 5.41) is 4.76. The van der Waals surface area contributed by atoms with Gasteiger partial charge < -0.3 is 10.6 Å². The molecule has 1 aromatic heterocycles. The average molecular weight is 310 g/mol. The molecule has 0 unspecified atom stereocenters. The third kappa shape index (κ3) is 2.76. The van der Waals surface area contributed by atoms with Crippen LogP contribution in [0.5, 0.6) is 0 Å². The van der Waals surface area contributed by atoms with E-state index in [0.29, 0.717) is 12.0 Å². The Morgan fingerprint density at radius 2 is 1.74 bits per heavy atom. The molecule has 4 rings (SSSR count). The molecule has 1 aliphatic carbocycles. The van der Waals surface area contributed by atoms with Gasteiger partial charge in [0.05, 0.1) is 23.3 Å². The molecular formula is C19H26N4. The summed E-state index contributed by atoms with van der Waals surface area (Å²) < 4.78 is 2.17. The Morgan fingerprint density at radius 1 is 1.04 bits per heavy atom. The number of rotatable bonds is 3. The number of nitrogens with two attached hydrogens (primary N) is 1. The third-order valence-corrected chi connectivity index (χ3v) is 5.44. The van der Waals surface area contributed by atoms with E-state index in [1.54, 1.807) is 0 Å². The van der Waals surface area contributed by atoms with Gasteiger partial charge in [0.25, 0.3) is 0 Å². The number of hydrogen-bond acceptors (Lipinski definition) is 3. The van der Waals surface area contributed by atoms with Crippen LogP contribution in [-0.2, 0) is 0 Å². The first-order valence-corrected chi connectivity index (χ1v) is 8.88. The van der Waals surface area contributed by atoms with E-state index in [0.717, 1.165) is 25.9 Å². The molecule has 1 aromatic carbocycles. The van der Waals surface area contributed by atoms with Crippen LogP contribution in [0.1, 0.15) is 49.3 Å². The van der Waals surface area contributed by atoms with Crippen molar-refractivity contribution in [3.05, 3.63) is 41.7 Å². The molecule has 1 aliphatic heterocycles. The number of benzene rings is 1. The van der Waals surface area contributed by atoms with E-state index in [1.807, 2.05) is 0 Å². The van der Waals surface area contributed by atoms with Crippen LogP contribution in [0.15, 0.2) is 30.5 Å². The summed E-state index contributed by atoms with van der Waals surface area (Å²) in [6, 6.07) is 9.06. The number of piperidine rings is 1. The fourth-order valence-corrected chi connectivity index (χ4v) is 3.69. The lowest BCUT2D eigenvalue weighted by Gasteiger charge is -2.35. The second kappa shape index (κ2) is 6.00. The first-order chi connectivity index (χ1) is 11.2. The van der Waals surface area contributed by atoms with Crippen LogP contribution < -0.4 is 10.6 Å². The highest BCUT2D eigenvalue weighted by molar-refractivity contribution is 5.55. The zero-order valence-electron chi connectivity index (χ0n) is 13.9. The maximum absolute atomic E-state index is 6.07. The summed E-state index contributed by atoms with van der Waals surface area (Å²) >= 11 is 0. The van der Waals surface area contributed by atoms with E-state index in [-0.39, 0.29) is 0 Å². The first kappa shape index (κ1) is 14.8. The van der Waals surface area contributed by atoms with Gasteiger partial charge in [-0.25, -0.2) is 4.68 Å². The van der Waals surface area contributed by atoms with Gasteiger partial charge in [0.2, 0.25) is 0 Å². The summed E-state index contributed by atoms with van der Waals surface area (Å²) in [7, 11) is 0. The standard InChI is InChI=1S/C19H26N4/c1-14-5-7-17(8-6-14)23-19(15-3-2-4-15)18(13-21-23)22-11-9-16(20)10-12-22/h5-8,13,15-16H,2-4,9-12,20H2,1H3. The number of nitrogens with zero attached hydrogens (tertiary/aromatic N) is 3. The lowest BCUT2D eigenvalue weighted by atomic mass is 9.82. The Labute approximate surface area is 138 Å². The van der Waals surface area contributed by atoms with Gasteiger partial charge in [-0.1, -0.05) is 24.1 Å². The summed E-state index contributed by atoms with van der Waals surface area (Å²) in [5.41, 5.74) is 11.3. The number of aromatic nitrogens is 2. The number of aryl methyl sites for hydroxylation is 1. The second-order valence-corrected chi connectivity index (χ2v) is 7.11. The van der Waals surface area contributed by atoms with Crippen molar-refractivity contribution in [3.8, 4) is 5.69 Å². The Hall–Kier alpha value is -1.81. The molecule has 1 saturated heterocycles. The van der Waals surface area contributed by atoms with Crippen LogP contribution in [-0.4, -0.2) is 28.9 Å². The largest absolute Gasteiger partial charge is 0.369 e. The normalized spacial score (nSPS) is 19.8. The molecule has 4 nitrogen and oxygen atoms in total. The zero-order chi connectivity index (χ0) is 15.8. The quantitative estimate of drug-likeness (QED) is 0.945. The van der Waals surface area contributed by atoms with Crippen molar-refractivity contribution in [2.24, 2.45) is 5.73 Å². The van der Waals surface area contributed by atoms with Gasteiger partial charge in [-0.2, -0.15) is 5.10 Å². The minimum absolute atomic E-state index is 0.366. The fourth-order valence-electron chi connectivity index (χ4n) is 3.69. The third-order valence-electron chi connectivity index (χ3n) is 5.44. The topological polar surface area (TPSA) is 47.1 Å². The molecule has 0 amide bonds. The van der Waals surface area contributed by atoms with Crippen LogP contribution in [0.4, 0.5) is 5.69 Å². The van der Waals surface area contributed by atoms with Crippen LogP contribution in [0.3, 0.4) is 0 Å². The lowest BCUT2D eigenvalue weighted by molar-refractivity contribution is 0.401. The second-order valence-electron chi connectivity index (χ2n) is 7.11. The number of anilines is 1. The Balaban J connectivity index is 1.71. The highest BCUT2D eigenvalue weighted by atomic mass is 15.3. The maximum Gasteiger partial charge on any atom is 0.0792 e. The smallest absolute Gasteiger partial charge is 0.0792 e. The lowest BCUT2D eigenvalue weighted by Crippen LogP contribution is -2.40. The van der Waals surface area contributed by atoms with Crippen molar-refractivity contribution < 1.29 is 0 Å². The summed E-state index contributed by atoms with van der Waals surface area (Å²) in [6.07, 6.45) is 8.16. The van der Waals surface area contributed by atoms with Crippen LogP contribution in [0.25, 0.3) is 5.69 Å². The van der Waals surface area contributed by atoms with E-state index < -0.39 is 0 Å². The van der Waals surface area contributed by atoms with Gasteiger partial charge in [-0.05, 0) is 44.7 Å². The Kier molecular flexibility index (Phi) is 3.85. The minimum Gasteiger partial charge on any atom is -0.369 e. The molecule has 0 atom stereocenters. The first-order valence-electron chi connectivity index (χ1n) is 8.88. The van der Waals surface area contributed by atoms with Gasteiger partial charge in [-0.3, -0.25) is 0 Å². The van der Waals surface area contributed by atoms with E-state index in [9.17, 15) is 0 Å². The summed E-state index contributed by atoms with van der Waals surface area (Å²) in [6.45, 7) is 4.24. The van der Waals surface area contributed by atoms with E-state index in [1.165, 1.54) is 41.9 Å². The van der Waals surface area contributed by atoms with Gasteiger partial charge in [0.15, 0.2) is 0 Å². The SMILES string of the molecule is Cc1ccc(-n2ncc(N3CCC(N)CC3)c2C2CCC2)cc1. The molecule has 0 radical (unpaired) electrons. The molecule has 122 valence electrons. The van der Waals surface area contributed by atoms with Gasteiger partial charge in [-0.15, -0.1) is 0 Å². The van der Waals surface area contributed by atoms with Crippen molar-refractivity contribution >= 4 is 5.69 Å². The minimum atomic E-state index is 0.366. The number of hydrogen-bond donors (Lipinski definition) is 1. The Bertz CT molecular complexity index is 661. The van der Waals surface area contributed by atoms with Crippen molar-refractivity contribution in [1.82, 2.24) is 9.78 Å². The molecular weight excluding hydrogens is 284 g/mol. The van der Waals surface area contributed by atoms with Gasteiger partial charge in [0.1, 0.15) is 0 Å². The van der Waals surface area contributed by atoms with E-state index in [2.05, 4.69) is 47.0 Å². The molecule has 2 aliphatic rings. The highest BCUT2D eigenvalue weighted by Crippen LogP contribution is 2.42. The van der Waals surface area contributed by atoms with Crippen LogP contribution in [0.2, 0.25) is 0 Å². The van der Waals surface area contributed by atoms with Crippen molar-refractivity contribution in [1.29, 1.82) is 0 Å². The van der Waals surface area contributed by atoms with Gasteiger partial charge in [0, 0.05) is 25.0 Å². The molecule has 2 heterocycles. The predicted octanol–water partition coefficient (Wildman–Crippen LogP) is 3.38. The van der Waals surface area contributed by atoms with Crippen molar-refractivity contribution in [3.63, 3.8) is 0 Å². The van der Waals surface area contributed by atoms with Crippen molar-refractivity contribution in [2.75, 3.05) is 18.0 Å². The fraction of sp³-hybridized carbons (Fsp3) is 0.526. The predicted molar refractivity (Wildman–Crippen MR) is 94.3 cm³/mol. The van der Waals surface area contributed by atoms with Crippen molar-refractivity contribution in [2.45, 2.75) is 51.0 Å². The molecule has 4 heteroatoms. The summed E-state index contributed by atoms with van der Waals surface area (Å²) in [5.74, 6) is 0.657. The summed E-state index contributed by atoms with van der Waals surface area (Å²) in [4.78, 5) is 2.49. The highest BCUT2D eigenvalue weighted by Gasteiger charge is 2.30. The van der Waals surface area contributed by atoms with E-state index in [4.69, 9.17) is 10.8 Å². The molecule has 23 heavy (non-hydrogen) atoms. The molecule has 0 spiro atoms. The van der Waals surface area contributed by atoms with Gasteiger partial charge >= 0.3 is 0 Å². The molecule has 0 bridgehead atoms. The molecule has 2 fully saturated rings. The zero-order valence-corrected chi connectivity index (χ0v) is 13.9. The Morgan fingerprint density at radius 3 is 2.35 bits per heavy atom. The van der Waals surface area contributed by atoms with Crippen LogP contribution >= 0.6 is 0 Å². The molecule has 1 saturated carbocycles. The van der Waals surface area contributed by atoms with E-state index >= 15 is 0 Å². The monoisotopic (exact) mass is 310 g/mol.